The number of nitrogens with zero attached hydrogens (tertiary/aromatic N) is 5. The van der Waals surface area contributed by atoms with Gasteiger partial charge >= 0.3 is 0 Å². The first-order valence-corrected chi connectivity index (χ1v) is 9.74. The average Bonchev–Trinajstić information content (AvgIpc) is 3.20. The molecule has 7 heteroatoms. The number of aryl methyl sites for hydroxylation is 3. The molecule has 0 amide bonds. The van der Waals surface area contributed by atoms with Crippen molar-refractivity contribution in [2.75, 3.05) is 13.1 Å². The molecule has 1 saturated heterocycles. The van der Waals surface area contributed by atoms with Crippen molar-refractivity contribution in [3.63, 3.8) is 0 Å². The Labute approximate surface area is 154 Å². The van der Waals surface area contributed by atoms with Crippen molar-refractivity contribution < 1.29 is 9.26 Å². The van der Waals surface area contributed by atoms with Crippen LogP contribution in [0, 0.1) is 19.3 Å². The highest BCUT2D eigenvalue weighted by atomic mass is 16.5. The van der Waals surface area contributed by atoms with Crippen LogP contribution in [0.4, 0.5) is 0 Å². The van der Waals surface area contributed by atoms with Crippen LogP contribution in [0.2, 0.25) is 0 Å². The van der Waals surface area contributed by atoms with Gasteiger partial charge in [-0.15, -0.1) is 0 Å². The van der Waals surface area contributed by atoms with E-state index in [1.165, 1.54) is 24.8 Å². The fourth-order valence-corrected chi connectivity index (χ4v) is 4.35. The summed E-state index contributed by atoms with van der Waals surface area (Å²) in [5, 5.41) is 8.40. The Morgan fingerprint density at radius 1 is 1.27 bits per heavy atom. The monoisotopic (exact) mass is 359 g/mol. The molecule has 1 unspecified atom stereocenters. The first-order chi connectivity index (χ1) is 12.6. The first-order valence-electron chi connectivity index (χ1n) is 9.74. The van der Waals surface area contributed by atoms with Gasteiger partial charge in [-0.3, -0.25) is 9.58 Å². The van der Waals surface area contributed by atoms with E-state index in [1.807, 2.05) is 11.6 Å². The highest BCUT2D eigenvalue weighted by Crippen LogP contribution is 2.51. The number of aromatic nitrogens is 4. The number of rotatable bonds is 6. The van der Waals surface area contributed by atoms with Gasteiger partial charge in [-0.1, -0.05) is 5.16 Å². The predicted octanol–water partition coefficient (Wildman–Crippen LogP) is 2.86. The minimum Gasteiger partial charge on any atom is -0.368 e. The Morgan fingerprint density at radius 3 is 2.65 bits per heavy atom. The normalized spacial score (nSPS) is 22.7. The first kappa shape index (κ1) is 17.7. The van der Waals surface area contributed by atoms with Gasteiger partial charge in [-0.05, 0) is 65.0 Å². The standard InChI is InChI=1S/C19H29N5O2/c1-4-24-12-16(14(2)21-24)11-23-9-7-19(8-10-23)6-5-17(19)25-13-18-20-15(3)22-26-18/h12,17H,4-11,13H2,1-3H3. The van der Waals surface area contributed by atoms with Crippen LogP contribution in [0.25, 0.3) is 0 Å². The molecule has 0 bridgehead atoms. The Bertz CT molecular complexity index is 745. The van der Waals surface area contributed by atoms with E-state index in [0.29, 0.717) is 29.8 Å². The zero-order valence-corrected chi connectivity index (χ0v) is 16.1. The molecular formula is C19H29N5O2. The molecular weight excluding hydrogens is 330 g/mol. The molecule has 1 aliphatic carbocycles. The predicted molar refractivity (Wildman–Crippen MR) is 96.4 cm³/mol. The Kier molecular flexibility index (Phi) is 4.84. The molecule has 142 valence electrons. The zero-order chi connectivity index (χ0) is 18.1. The zero-order valence-electron chi connectivity index (χ0n) is 16.1. The summed E-state index contributed by atoms with van der Waals surface area (Å²) in [5.74, 6) is 1.26. The largest absolute Gasteiger partial charge is 0.368 e. The van der Waals surface area contributed by atoms with Crippen molar-refractivity contribution in [3.8, 4) is 0 Å². The van der Waals surface area contributed by atoms with Crippen molar-refractivity contribution in [1.82, 2.24) is 24.8 Å². The summed E-state index contributed by atoms with van der Waals surface area (Å²) >= 11 is 0. The van der Waals surface area contributed by atoms with Gasteiger partial charge in [0.25, 0.3) is 5.89 Å². The minimum absolute atomic E-state index is 0.335. The second kappa shape index (κ2) is 7.12. The molecule has 1 saturated carbocycles. The lowest BCUT2D eigenvalue weighted by atomic mass is 9.60. The van der Waals surface area contributed by atoms with Crippen molar-refractivity contribution in [2.24, 2.45) is 5.41 Å². The summed E-state index contributed by atoms with van der Waals surface area (Å²) in [6, 6.07) is 0. The lowest BCUT2D eigenvalue weighted by Gasteiger charge is -2.53. The van der Waals surface area contributed by atoms with Crippen LogP contribution in [0.1, 0.15) is 55.6 Å². The summed E-state index contributed by atoms with van der Waals surface area (Å²) in [7, 11) is 0. The van der Waals surface area contributed by atoms with Gasteiger partial charge in [0, 0.05) is 24.8 Å². The highest BCUT2D eigenvalue weighted by molar-refractivity contribution is 5.15. The second-order valence-electron chi connectivity index (χ2n) is 7.81. The van der Waals surface area contributed by atoms with E-state index < -0.39 is 0 Å². The summed E-state index contributed by atoms with van der Waals surface area (Å²) < 4.78 is 13.3. The van der Waals surface area contributed by atoms with Gasteiger partial charge in [0.15, 0.2) is 5.82 Å². The smallest absolute Gasteiger partial charge is 0.252 e. The second-order valence-corrected chi connectivity index (χ2v) is 7.81. The van der Waals surface area contributed by atoms with E-state index in [9.17, 15) is 0 Å². The molecule has 0 aromatic carbocycles. The molecule has 2 aromatic rings. The van der Waals surface area contributed by atoms with Crippen LogP contribution >= 0.6 is 0 Å². The molecule has 0 N–H and O–H groups in total. The molecule has 1 aliphatic heterocycles. The van der Waals surface area contributed by atoms with Gasteiger partial charge in [0.1, 0.15) is 6.61 Å². The molecule has 4 rings (SSSR count). The van der Waals surface area contributed by atoms with Crippen LogP contribution in [0.15, 0.2) is 10.7 Å². The SMILES string of the molecule is CCn1cc(CN2CCC3(CCC3OCc3nc(C)no3)CC2)c(C)n1. The van der Waals surface area contributed by atoms with Crippen molar-refractivity contribution in [2.45, 2.75) is 72.3 Å². The molecule has 7 nitrogen and oxygen atoms in total. The van der Waals surface area contributed by atoms with E-state index >= 15 is 0 Å². The third kappa shape index (κ3) is 3.42. The fraction of sp³-hybridized carbons (Fsp3) is 0.737. The summed E-state index contributed by atoms with van der Waals surface area (Å²) in [4.78, 5) is 6.79. The summed E-state index contributed by atoms with van der Waals surface area (Å²) in [6.45, 7) is 10.7. The minimum atomic E-state index is 0.335. The molecule has 1 spiro atoms. The van der Waals surface area contributed by atoms with Crippen LogP contribution in [-0.2, 0) is 24.4 Å². The Hall–Kier alpha value is -1.73. The maximum absolute atomic E-state index is 6.13. The Balaban J connectivity index is 1.29. The van der Waals surface area contributed by atoms with Crippen molar-refractivity contribution in [3.05, 3.63) is 29.2 Å². The number of likely N-dealkylation sites (tertiary alicyclic amines) is 1. The number of ether oxygens (including phenoxy) is 1. The number of hydrogen-bond acceptors (Lipinski definition) is 6. The lowest BCUT2D eigenvalue weighted by molar-refractivity contribution is -0.147. The van der Waals surface area contributed by atoms with Crippen LogP contribution < -0.4 is 0 Å². The van der Waals surface area contributed by atoms with E-state index in [4.69, 9.17) is 9.26 Å². The maximum Gasteiger partial charge on any atom is 0.252 e. The third-order valence-electron chi connectivity index (χ3n) is 6.18. The van der Waals surface area contributed by atoms with Crippen LogP contribution in [0.3, 0.4) is 0 Å². The maximum atomic E-state index is 6.13. The van der Waals surface area contributed by atoms with Gasteiger partial charge in [0.05, 0.1) is 11.8 Å². The van der Waals surface area contributed by atoms with Gasteiger partial charge in [-0.2, -0.15) is 10.1 Å². The van der Waals surface area contributed by atoms with Gasteiger partial charge in [-0.25, -0.2) is 0 Å². The molecule has 2 aliphatic rings. The van der Waals surface area contributed by atoms with E-state index in [-0.39, 0.29) is 0 Å². The third-order valence-corrected chi connectivity index (χ3v) is 6.18. The molecule has 26 heavy (non-hydrogen) atoms. The molecule has 3 heterocycles. The van der Waals surface area contributed by atoms with E-state index in [1.54, 1.807) is 0 Å². The van der Waals surface area contributed by atoms with Crippen LogP contribution in [0.5, 0.6) is 0 Å². The molecule has 0 radical (unpaired) electrons. The number of piperidine rings is 1. The van der Waals surface area contributed by atoms with Crippen molar-refractivity contribution in [1.29, 1.82) is 0 Å². The summed E-state index contributed by atoms with van der Waals surface area (Å²) in [6.07, 6.45) is 7.38. The van der Waals surface area contributed by atoms with E-state index in [0.717, 1.165) is 38.3 Å². The highest BCUT2D eigenvalue weighted by Gasteiger charge is 2.49. The lowest BCUT2D eigenvalue weighted by Crippen LogP contribution is -2.53. The molecule has 2 fully saturated rings. The quantitative estimate of drug-likeness (QED) is 0.790. The summed E-state index contributed by atoms with van der Waals surface area (Å²) in [5.41, 5.74) is 2.87. The van der Waals surface area contributed by atoms with Crippen molar-refractivity contribution >= 4 is 0 Å². The fourth-order valence-electron chi connectivity index (χ4n) is 4.35. The topological polar surface area (TPSA) is 69.2 Å². The van der Waals surface area contributed by atoms with Gasteiger partial charge < -0.3 is 9.26 Å². The van der Waals surface area contributed by atoms with Crippen LogP contribution in [-0.4, -0.2) is 44.0 Å². The average molecular weight is 359 g/mol. The van der Waals surface area contributed by atoms with E-state index in [2.05, 4.69) is 40.2 Å². The van der Waals surface area contributed by atoms with Gasteiger partial charge in [0.2, 0.25) is 0 Å². The Morgan fingerprint density at radius 2 is 2.08 bits per heavy atom. The molecule has 2 aromatic heterocycles. The molecule has 1 atom stereocenters. The number of hydrogen-bond donors (Lipinski definition) is 0.